The molecule has 1 aromatic rings. The number of carboxylic acids is 1. The molecule has 0 bridgehead atoms. The van der Waals surface area contributed by atoms with Crippen LogP contribution in [-0.2, 0) is 4.79 Å². The highest BCUT2D eigenvalue weighted by Gasteiger charge is 2.21. The summed E-state index contributed by atoms with van der Waals surface area (Å²) in [6.07, 6.45) is 0.424. The summed E-state index contributed by atoms with van der Waals surface area (Å²) in [7, 11) is 0. The summed E-state index contributed by atoms with van der Waals surface area (Å²) >= 11 is 0. The van der Waals surface area contributed by atoms with E-state index in [1.807, 2.05) is 32.9 Å². The molecule has 2 N–H and O–H groups in total. The maximum absolute atomic E-state index is 11.9. The van der Waals surface area contributed by atoms with Crippen molar-refractivity contribution in [3.63, 3.8) is 0 Å². The number of rotatable bonds is 5. The Labute approximate surface area is 107 Å². The van der Waals surface area contributed by atoms with E-state index in [0.717, 1.165) is 5.56 Å². The van der Waals surface area contributed by atoms with Gasteiger partial charge in [-0.3, -0.25) is 4.79 Å². The van der Waals surface area contributed by atoms with E-state index in [9.17, 15) is 9.59 Å². The Morgan fingerprint density at radius 3 is 2.22 bits per heavy atom. The van der Waals surface area contributed by atoms with Gasteiger partial charge in [-0.15, -0.1) is 0 Å². The molecule has 0 aliphatic heterocycles. The van der Waals surface area contributed by atoms with Crippen LogP contribution in [-0.4, -0.2) is 23.0 Å². The molecular weight excluding hydrogens is 230 g/mol. The number of aliphatic carboxylic acids is 1. The maximum Gasteiger partial charge on any atom is 0.326 e. The molecule has 4 nitrogen and oxygen atoms in total. The minimum Gasteiger partial charge on any atom is -0.480 e. The molecule has 0 spiro atoms. The van der Waals surface area contributed by atoms with Crippen LogP contribution < -0.4 is 5.32 Å². The van der Waals surface area contributed by atoms with E-state index < -0.39 is 12.0 Å². The predicted molar refractivity (Wildman–Crippen MR) is 69.5 cm³/mol. The number of nitrogens with one attached hydrogen (secondary N) is 1. The van der Waals surface area contributed by atoms with Gasteiger partial charge in [0, 0.05) is 5.56 Å². The minimum absolute atomic E-state index is 0.212. The van der Waals surface area contributed by atoms with Gasteiger partial charge < -0.3 is 10.4 Å². The van der Waals surface area contributed by atoms with Crippen LogP contribution >= 0.6 is 0 Å². The third-order valence-corrected chi connectivity index (χ3v) is 2.62. The first-order valence-corrected chi connectivity index (χ1v) is 6.00. The SMILES string of the molecule is Cc1ccc(C(=O)N[C@@H](CC(C)C)C(=O)O)cc1. The molecule has 0 aliphatic carbocycles. The van der Waals surface area contributed by atoms with Crippen LogP contribution in [0.15, 0.2) is 24.3 Å². The Bertz CT molecular complexity index is 423. The predicted octanol–water partition coefficient (Wildman–Crippen LogP) is 2.22. The van der Waals surface area contributed by atoms with Crippen molar-refractivity contribution in [2.45, 2.75) is 33.2 Å². The fourth-order valence-corrected chi connectivity index (χ4v) is 1.64. The van der Waals surface area contributed by atoms with E-state index in [4.69, 9.17) is 5.11 Å². The van der Waals surface area contributed by atoms with Crippen molar-refractivity contribution in [3.05, 3.63) is 35.4 Å². The Morgan fingerprint density at radius 2 is 1.78 bits per heavy atom. The largest absolute Gasteiger partial charge is 0.480 e. The summed E-state index contributed by atoms with van der Waals surface area (Å²) in [4.78, 5) is 22.9. The van der Waals surface area contributed by atoms with Crippen molar-refractivity contribution in [2.75, 3.05) is 0 Å². The first-order valence-electron chi connectivity index (χ1n) is 6.00. The molecule has 0 saturated carbocycles. The normalized spacial score (nSPS) is 12.2. The molecule has 18 heavy (non-hydrogen) atoms. The quantitative estimate of drug-likeness (QED) is 0.841. The molecule has 0 saturated heterocycles. The van der Waals surface area contributed by atoms with E-state index >= 15 is 0 Å². The molecule has 0 radical (unpaired) electrons. The summed E-state index contributed by atoms with van der Waals surface area (Å²) < 4.78 is 0. The minimum atomic E-state index is -0.996. The fraction of sp³-hybridized carbons (Fsp3) is 0.429. The molecule has 98 valence electrons. The summed E-state index contributed by atoms with van der Waals surface area (Å²) in [5.74, 6) is -1.13. The molecule has 1 rings (SSSR count). The van der Waals surface area contributed by atoms with Crippen LogP contribution in [0.1, 0.15) is 36.2 Å². The summed E-state index contributed by atoms with van der Waals surface area (Å²) in [6, 6.07) is 6.21. The Balaban J connectivity index is 2.72. The first-order chi connectivity index (χ1) is 8.40. The van der Waals surface area contributed by atoms with Crippen LogP contribution in [0, 0.1) is 12.8 Å². The molecule has 0 aromatic heterocycles. The monoisotopic (exact) mass is 249 g/mol. The van der Waals surface area contributed by atoms with E-state index in [1.54, 1.807) is 12.1 Å². The van der Waals surface area contributed by atoms with Gasteiger partial charge in [0.25, 0.3) is 5.91 Å². The molecule has 4 heteroatoms. The molecule has 1 aromatic carbocycles. The lowest BCUT2D eigenvalue weighted by Crippen LogP contribution is -2.41. The topological polar surface area (TPSA) is 66.4 Å². The lowest BCUT2D eigenvalue weighted by Gasteiger charge is -2.16. The van der Waals surface area contributed by atoms with Crippen LogP contribution in [0.2, 0.25) is 0 Å². The molecular formula is C14H19NO3. The number of aryl methyl sites for hydroxylation is 1. The van der Waals surface area contributed by atoms with Crippen molar-refractivity contribution < 1.29 is 14.7 Å². The zero-order valence-electron chi connectivity index (χ0n) is 10.9. The van der Waals surface area contributed by atoms with E-state index in [1.165, 1.54) is 0 Å². The van der Waals surface area contributed by atoms with Crippen LogP contribution in [0.25, 0.3) is 0 Å². The molecule has 0 unspecified atom stereocenters. The Morgan fingerprint density at radius 1 is 1.22 bits per heavy atom. The van der Waals surface area contributed by atoms with Crippen molar-refractivity contribution in [2.24, 2.45) is 5.92 Å². The third kappa shape index (κ3) is 4.20. The summed E-state index contributed by atoms with van der Waals surface area (Å²) in [5.41, 5.74) is 1.54. The zero-order chi connectivity index (χ0) is 13.7. The van der Waals surface area contributed by atoms with Gasteiger partial charge in [-0.25, -0.2) is 4.79 Å². The van der Waals surface area contributed by atoms with E-state index in [0.29, 0.717) is 12.0 Å². The van der Waals surface area contributed by atoms with E-state index in [2.05, 4.69) is 5.32 Å². The molecule has 1 atom stereocenters. The standard InChI is InChI=1S/C14H19NO3/c1-9(2)8-12(14(17)18)15-13(16)11-6-4-10(3)5-7-11/h4-7,9,12H,8H2,1-3H3,(H,15,16)(H,17,18)/t12-/m0/s1. The van der Waals surface area contributed by atoms with E-state index in [-0.39, 0.29) is 11.8 Å². The average Bonchev–Trinajstić information content (AvgIpc) is 2.28. The number of hydrogen-bond acceptors (Lipinski definition) is 2. The molecule has 0 fully saturated rings. The van der Waals surface area contributed by atoms with Gasteiger partial charge in [0.2, 0.25) is 0 Å². The molecule has 0 aliphatic rings. The van der Waals surface area contributed by atoms with Crippen molar-refractivity contribution in [1.82, 2.24) is 5.32 Å². The Hall–Kier alpha value is -1.84. The number of carboxylic acid groups (broad SMARTS) is 1. The van der Waals surface area contributed by atoms with Crippen molar-refractivity contribution in [3.8, 4) is 0 Å². The van der Waals surface area contributed by atoms with Gasteiger partial charge in [-0.1, -0.05) is 31.5 Å². The zero-order valence-corrected chi connectivity index (χ0v) is 10.9. The maximum atomic E-state index is 11.9. The van der Waals surface area contributed by atoms with Crippen molar-refractivity contribution >= 4 is 11.9 Å². The molecule has 1 amide bonds. The van der Waals surface area contributed by atoms with Gasteiger partial charge in [-0.05, 0) is 31.4 Å². The van der Waals surface area contributed by atoms with Crippen LogP contribution in [0.5, 0.6) is 0 Å². The number of carbonyl (C=O) groups is 2. The number of amides is 1. The highest BCUT2D eigenvalue weighted by atomic mass is 16.4. The third-order valence-electron chi connectivity index (χ3n) is 2.62. The molecule has 0 heterocycles. The van der Waals surface area contributed by atoms with Gasteiger partial charge in [0.15, 0.2) is 0 Å². The second-order valence-electron chi connectivity index (χ2n) is 4.86. The summed E-state index contributed by atoms with van der Waals surface area (Å²) in [5, 5.41) is 11.6. The van der Waals surface area contributed by atoms with Gasteiger partial charge in [-0.2, -0.15) is 0 Å². The first kappa shape index (κ1) is 14.2. The van der Waals surface area contributed by atoms with Gasteiger partial charge >= 0.3 is 5.97 Å². The Kier molecular flexibility index (Phi) is 4.89. The fourth-order valence-electron chi connectivity index (χ4n) is 1.64. The summed E-state index contributed by atoms with van der Waals surface area (Å²) in [6.45, 7) is 5.78. The average molecular weight is 249 g/mol. The van der Waals surface area contributed by atoms with Gasteiger partial charge in [0.05, 0.1) is 0 Å². The second-order valence-corrected chi connectivity index (χ2v) is 4.86. The number of carbonyl (C=O) groups excluding carboxylic acids is 1. The highest BCUT2D eigenvalue weighted by Crippen LogP contribution is 2.07. The smallest absolute Gasteiger partial charge is 0.326 e. The van der Waals surface area contributed by atoms with Gasteiger partial charge in [0.1, 0.15) is 6.04 Å². The van der Waals surface area contributed by atoms with Crippen LogP contribution in [0.3, 0.4) is 0 Å². The second kappa shape index (κ2) is 6.19. The highest BCUT2D eigenvalue weighted by molar-refractivity contribution is 5.96. The van der Waals surface area contributed by atoms with Crippen LogP contribution in [0.4, 0.5) is 0 Å². The lowest BCUT2D eigenvalue weighted by molar-refractivity contribution is -0.139. The number of hydrogen-bond donors (Lipinski definition) is 2. The number of benzene rings is 1. The van der Waals surface area contributed by atoms with Crippen molar-refractivity contribution in [1.29, 1.82) is 0 Å². The lowest BCUT2D eigenvalue weighted by atomic mass is 10.0.